The summed E-state index contributed by atoms with van der Waals surface area (Å²) in [7, 11) is 0. The Balaban J connectivity index is 2.96. The van der Waals surface area contributed by atoms with Gasteiger partial charge in [0.1, 0.15) is 5.76 Å². The molecule has 1 heterocycles. The molecule has 0 radical (unpaired) electrons. The molecule has 0 aliphatic heterocycles. The van der Waals surface area contributed by atoms with Crippen LogP contribution in [0, 0.1) is 19.3 Å². The van der Waals surface area contributed by atoms with Crippen LogP contribution in [0.15, 0.2) is 10.7 Å². The second-order valence-electron chi connectivity index (χ2n) is 2.23. The van der Waals surface area contributed by atoms with E-state index in [1.807, 2.05) is 13.8 Å². The molecule has 0 saturated carbocycles. The molecule has 1 rings (SSSR count). The maximum absolute atomic E-state index is 5.21. The van der Waals surface area contributed by atoms with Crippen LogP contribution < -0.4 is 0 Å². The number of hydrogen-bond acceptors (Lipinski definition) is 2. The van der Waals surface area contributed by atoms with Crippen LogP contribution in [0.5, 0.6) is 0 Å². The maximum Gasteiger partial charge on any atom is 0.138 e. The molecular formula is C8H9NO. The van der Waals surface area contributed by atoms with Gasteiger partial charge in [-0.05, 0) is 13.8 Å². The van der Waals surface area contributed by atoms with Gasteiger partial charge in [-0.25, -0.2) is 0 Å². The standard InChI is InChI=1S/C8H9NO/c1-4-6(2)8-5-9-10-7(8)3/h1,5-6H,2-3H3. The molecule has 52 valence electrons. The highest BCUT2D eigenvalue weighted by Crippen LogP contribution is 2.16. The number of aromatic nitrogens is 1. The Morgan fingerprint density at radius 1 is 1.80 bits per heavy atom. The summed E-state index contributed by atoms with van der Waals surface area (Å²) in [4.78, 5) is 0. The Kier molecular flexibility index (Phi) is 1.77. The van der Waals surface area contributed by atoms with Gasteiger partial charge in [-0.2, -0.15) is 0 Å². The average molecular weight is 135 g/mol. The van der Waals surface area contributed by atoms with Gasteiger partial charge in [0, 0.05) is 11.5 Å². The zero-order valence-corrected chi connectivity index (χ0v) is 6.09. The molecule has 0 amide bonds. The average Bonchev–Trinajstić information content (AvgIpc) is 2.34. The molecule has 10 heavy (non-hydrogen) atoms. The Hall–Kier alpha value is -1.23. The molecule has 0 spiro atoms. The highest BCUT2D eigenvalue weighted by atomic mass is 16.5. The first kappa shape index (κ1) is 6.88. The summed E-state index contributed by atoms with van der Waals surface area (Å²) < 4.78 is 4.84. The van der Waals surface area contributed by atoms with E-state index >= 15 is 0 Å². The van der Waals surface area contributed by atoms with Crippen molar-refractivity contribution < 1.29 is 4.52 Å². The molecule has 0 fully saturated rings. The Morgan fingerprint density at radius 2 is 2.50 bits per heavy atom. The lowest BCUT2D eigenvalue weighted by Crippen LogP contribution is -1.87. The van der Waals surface area contributed by atoms with Crippen molar-refractivity contribution in [3.8, 4) is 12.3 Å². The molecule has 0 N–H and O–H groups in total. The van der Waals surface area contributed by atoms with Gasteiger partial charge in [-0.1, -0.05) is 11.1 Å². The van der Waals surface area contributed by atoms with Gasteiger partial charge in [0.2, 0.25) is 0 Å². The number of terminal acetylenes is 1. The third-order valence-corrected chi connectivity index (χ3v) is 1.50. The zero-order valence-electron chi connectivity index (χ0n) is 6.09. The first-order chi connectivity index (χ1) is 4.75. The summed E-state index contributed by atoms with van der Waals surface area (Å²) in [5.41, 5.74) is 1.00. The minimum atomic E-state index is 0.103. The van der Waals surface area contributed by atoms with Crippen LogP contribution in [0.3, 0.4) is 0 Å². The van der Waals surface area contributed by atoms with E-state index in [9.17, 15) is 0 Å². The van der Waals surface area contributed by atoms with Crippen molar-refractivity contribution in [3.63, 3.8) is 0 Å². The smallest absolute Gasteiger partial charge is 0.138 e. The van der Waals surface area contributed by atoms with Crippen molar-refractivity contribution >= 4 is 0 Å². The molecule has 1 aromatic heterocycles. The summed E-state index contributed by atoms with van der Waals surface area (Å²) in [6.45, 7) is 3.80. The summed E-state index contributed by atoms with van der Waals surface area (Å²) in [5.74, 6) is 3.52. The molecule has 1 aromatic rings. The summed E-state index contributed by atoms with van der Waals surface area (Å²) in [5, 5.41) is 3.62. The zero-order chi connectivity index (χ0) is 7.56. The Labute approximate surface area is 60.2 Å². The molecule has 1 unspecified atom stereocenters. The van der Waals surface area contributed by atoms with Crippen molar-refractivity contribution in [2.24, 2.45) is 0 Å². The molecule has 2 heteroatoms. The van der Waals surface area contributed by atoms with E-state index in [0.29, 0.717) is 0 Å². The van der Waals surface area contributed by atoms with Gasteiger partial charge in [0.05, 0.1) is 6.20 Å². The topological polar surface area (TPSA) is 26.0 Å². The largest absolute Gasteiger partial charge is 0.361 e. The van der Waals surface area contributed by atoms with Gasteiger partial charge in [-0.15, -0.1) is 6.42 Å². The lowest BCUT2D eigenvalue weighted by Gasteiger charge is -1.97. The SMILES string of the molecule is C#CC(C)c1cnoc1C. The molecule has 0 aliphatic carbocycles. The third kappa shape index (κ3) is 1.03. The van der Waals surface area contributed by atoms with Gasteiger partial charge < -0.3 is 4.52 Å². The Bertz CT molecular complexity index is 256. The quantitative estimate of drug-likeness (QED) is 0.548. The molecule has 1 atom stereocenters. The van der Waals surface area contributed by atoms with Crippen molar-refractivity contribution in [2.75, 3.05) is 0 Å². The number of rotatable bonds is 1. The van der Waals surface area contributed by atoms with E-state index < -0.39 is 0 Å². The normalized spacial score (nSPS) is 12.5. The highest BCUT2D eigenvalue weighted by Gasteiger charge is 2.07. The van der Waals surface area contributed by atoms with Crippen LogP contribution in [0.4, 0.5) is 0 Å². The van der Waals surface area contributed by atoms with Crippen LogP contribution in [-0.2, 0) is 0 Å². The van der Waals surface area contributed by atoms with Crippen LogP contribution in [0.2, 0.25) is 0 Å². The molecule has 0 aromatic carbocycles. The molecule has 0 aliphatic rings. The predicted molar refractivity (Wildman–Crippen MR) is 38.5 cm³/mol. The molecule has 2 nitrogen and oxygen atoms in total. The second kappa shape index (κ2) is 2.57. The minimum absolute atomic E-state index is 0.103. The fraction of sp³-hybridized carbons (Fsp3) is 0.375. The summed E-state index contributed by atoms with van der Waals surface area (Å²) in [6.07, 6.45) is 6.88. The van der Waals surface area contributed by atoms with Gasteiger partial charge in [0.15, 0.2) is 0 Å². The number of aryl methyl sites for hydroxylation is 1. The van der Waals surface area contributed by atoms with E-state index in [1.54, 1.807) is 6.20 Å². The van der Waals surface area contributed by atoms with Crippen molar-refractivity contribution in [1.29, 1.82) is 0 Å². The van der Waals surface area contributed by atoms with Gasteiger partial charge >= 0.3 is 0 Å². The second-order valence-corrected chi connectivity index (χ2v) is 2.23. The van der Waals surface area contributed by atoms with Crippen LogP contribution >= 0.6 is 0 Å². The summed E-state index contributed by atoms with van der Waals surface area (Å²) in [6, 6.07) is 0. The van der Waals surface area contributed by atoms with Crippen LogP contribution in [-0.4, -0.2) is 5.16 Å². The number of nitrogens with zero attached hydrogens (tertiary/aromatic N) is 1. The molecular weight excluding hydrogens is 126 g/mol. The van der Waals surface area contributed by atoms with Crippen LogP contribution in [0.25, 0.3) is 0 Å². The third-order valence-electron chi connectivity index (χ3n) is 1.50. The van der Waals surface area contributed by atoms with E-state index in [0.717, 1.165) is 11.3 Å². The Morgan fingerprint density at radius 3 is 2.90 bits per heavy atom. The molecule has 0 bridgehead atoms. The van der Waals surface area contributed by atoms with E-state index in [2.05, 4.69) is 11.1 Å². The number of hydrogen-bond donors (Lipinski definition) is 0. The van der Waals surface area contributed by atoms with E-state index in [-0.39, 0.29) is 5.92 Å². The van der Waals surface area contributed by atoms with E-state index in [4.69, 9.17) is 10.9 Å². The lowest BCUT2D eigenvalue weighted by molar-refractivity contribution is 0.396. The summed E-state index contributed by atoms with van der Waals surface area (Å²) >= 11 is 0. The first-order valence-electron chi connectivity index (χ1n) is 3.13. The fourth-order valence-electron chi connectivity index (χ4n) is 0.812. The minimum Gasteiger partial charge on any atom is -0.361 e. The maximum atomic E-state index is 5.21. The van der Waals surface area contributed by atoms with Crippen LogP contribution in [0.1, 0.15) is 24.2 Å². The van der Waals surface area contributed by atoms with Crippen molar-refractivity contribution in [3.05, 3.63) is 17.5 Å². The monoisotopic (exact) mass is 135 g/mol. The van der Waals surface area contributed by atoms with Gasteiger partial charge in [0.25, 0.3) is 0 Å². The highest BCUT2D eigenvalue weighted by molar-refractivity contribution is 5.24. The molecule has 0 saturated heterocycles. The van der Waals surface area contributed by atoms with Gasteiger partial charge in [-0.3, -0.25) is 0 Å². The fourth-order valence-corrected chi connectivity index (χ4v) is 0.812. The van der Waals surface area contributed by atoms with Crippen molar-refractivity contribution in [2.45, 2.75) is 19.8 Å². The van der Waals surface area contributed by atoms with E-state index in [1.165, 1.54) is 0 Å². The predicted octanol–water partition coefficient (Wildman–Crippen LogP) is 1.72. The lowest BCUT2D eigenvalue weighted by atomic mass is 10.0. The first-order valence-corrected chi connectivity index (χ1v) is 3.13. The van der Waals surface area contributed by atoms with Crippen molar-refractivity contribution in [1.82, 2.24) is 5.16 Å².